The van der Waals surface area contributed by atoms with Crippen LogP contribution >= 0.6 is 7.05 Å². The molecule has 6 aromatic carbocycles. The van der Waals surface area contributed by atoms with E-state index >= 15 is 0 Å². The van der Waals surface area contributed by atoms with E-state index in [0.717, 1.165) is 15.9 Å². The molecule has 8 nitrogen and oxygen atoms in total. The average Bonchev–Trinajstić information content (AvgIpc) is 3.10. The zero-order chi connectivity index (χ0) is 32.9. The Morgan fingerprint density at radius 2 is 0.809 bits per heavy atom. The SMILES string of the molecule is Nc1cc(NS(=O)(=O)c2ccccc2)c(N=P(c2ccccc2)(c2ccccc2)c2ccccc2)cc1NS(=O)(=O)c1ccccc1. The fourth-order valence-electron chi connectivity index (χ4n) is 5.18. The lowest BCUT2D eigenvalue weighted by atomic mass is 10.2. The molecule has 0 atom stereocenters. The molecule has 0 aliphatic carbocycles. The van der Waals surface area contributed by atoms with Gasteiger partial charge in [-0.1, -0.05) is 127 Å². The maximum Gasteiger partial charge on any atom is 0.261 e. The maximum absolute atomic E-state index is 13.6. The summed E-state index contributed by atoms with van der Waals surface area (Å²) in [6, 6.07) is 48.2. The van der Waals surface area contributed by atoms with Crippen LogP contribution in [0.2, 0.25) is 0 Å². The molecule has 0 bridgehead atoms. The first-order valence-corrected chi connectivity index (χ1v) is 19.3. The maximum atomic E-state index is 13.6. The highest BCUT2D eigenvalue weighted by atomic mass is 32.2. The van der Waals surface area contributed by atoms with Crippen molar-refractivity contribution >= 4 is 65.8 Å². The largest absolute Gasteiger partial charge is 0.397 e. The highest BCUT2D eigenvalue weighted by molar-refractivity contribution is 7.93. The molecule has 0 saturated heterocycles. The molecule has 6 rings (SSSR count). The molecule has 0 saturated carbocycles. The first-order valence-electron chi connectivity index (χ1n) is 14.6. The predicted molar refractivity (Wildman–Crippen MR) is 193 cm³/mol. The van der Waals surface area contributed by atoms with Gasteiger partial charge in [-0.25, -0.2) is 16.8 Å². The number of anilines is 3. The van der Waals surface area contributed by atoms with Crippen molar-refractivity contribution in [2.24, 2.45) is 4.74 Å². The summed E-state index contributed by atoms with van der Waals surface area (Å²) in [5.41, 5.74) is 6.81. The summed E-state index contributed by atoms with van der Waals surface area (Å²) in [7, 11) is -11.0. The molecule has 236 valence electrons. The lowest BCUT2D eigenvalue weighted by Crippen LogP contribution is -2.25. The van der Waals surface area contributed by atoms with E-state index in [-0.39, 0.29) is 32.5 Å². The number of nitrogens with one attached hydrogen (secondary N) is 2. The predicted octanol–water partition coefficient (Wildman–Crippen LogP) is 6.68. The minimum Gasteiger partial charge on any atom is -0.397 e. The molecular weight excluding hydrogens is 648 g/mol. The standard InChI is InChI=1S/C36H31N4O4PS2/c37-33-26-36(40-47(43,44)32-24-14-5-15-25-32)35(27-34(33)39-46(41,42)31-22-12-4-13-23-31)38-45(28-16-6-1-7-17-28,29-18-8-2-9-19-29)30-20-10-3-11-21-30/h1-27,39-40H,37H2. The van der Waals surface area contributed by atoms with Crippen LogP contribution in [0.3, 0.4) is 0 Å². The van der Waals surface area contributed by atoms with Crippen molar-refractivity contribution in [3.63, 3.8) is 0 Å². The second kappa shape index (κ2) is 13.3. The van der Waals surface area contributed by atoms with E-state index in [1.807, 2.05) is 91.0 Å². The third kappa shape index (κ3) is 6.71. The van der Waals surface area contributed by atoms with Crippen molar-refractivity contribution < 1.29 is 16.8 Å². The van der Waals surface area contributed by atoms with Gasteiger partial charge in [0.25, 0.3) is 20.0 Å². The number of hydrogen-bond acceptors (Lipinski definition) is 6. The van der Waals surface area contributed by atoms with Crippen molar-refractivity contribution in [3.05, 3.63) is 164 Å². The number of rotatable bonds is 10. The zero-order valence-corrected chi connectivity index (χ0v) is 27.5. The second-order valence-corrected chi connectivity index (χ2v) is 16.9. The molecule has 0 spiro atoms. The fourth-order valence-corrected chi connectivity index (χ4v) is 10.9. The number of hydrogen-bond donors (Lipinski definition) is 3. The zero-order valence-electron chi connectivity index (χ0n) is 25.0. The van der Waals surface area contributed by atoms with Gasteiger partial charge in [0.15, 0.2) is 0 Å². The lowest BCUT2D eigenvalue weighted by Gasteiger charge is -2.28. The third-order valence-corrected chi connectivity index (χ3v) is 13.8. The van der Waals surface area contributed by atoms with Crippen LogP contribution in [0.15, 0.2) is 178 Å². The van der Waals surface area contributed by atoms with Crippen LogP contribution in [0.1, 0.15) is 0 Å². The number of nitrogens with two attached hydrogens (primary N) is 1. The second-order valence-electron chi connectivity index (χ2n) is 10.5. The Kier molecular flexibility index (Phi) is 9.00. The topological polar surface area (TPSA) is 131 Å². The van der Waals surface area contributed by atoms with E-state index in [9.17, 15) is 16.8 Å². The molecule has 47 heavy (non-hydrogen) atoms. The van der Waals surface area contributed by atoms with Gasteiger partial charge in [-0.2, -0.15) is 0 Å². The summed E-state index contributed by atoms with van der Waals surface area (Å²) in [5, 5.41) is 2.74. The number of sulfonamides is 2. The first-order chi connectivity index (χ1) is 22.7. The molecular formula is C36H31N4O4PS2. The highest BCUT2D eigenvalue weighted by Gasteiger charge is 2.29. The Morgan fingerprint density at radius 3 is 1.19 bits per heavy atom. The van der Waals surface area contributed by atoms with E-state index in [2.05, 4.69) is 9.44 Å². The van der Waals surface area contributed by atoms with Crippen LogP contribution in [0.25, 0.3) is 0 Å². The number of nitrogen functional groups attached to an aromatic ring is 1. The quantitative estimate of drug-likeness (QED) is 0.110. The van der Waals surface area contributed by atoms with Gasteiger partial charge in [-0.3, -0.25) is 14.2 Å². The summed E-state index contributed by atoms with van der Waals surface area (Å²) < 4.78 is 64.9. The average molecular weight is 679 g/mol. The molecule has 0 amide bonds. The van der Waals surface area contributed by atoms with E-state index in [0.29, 0.717) is 0 Å². The molecule has 0 aromatic heterocycles. The molecule has 0 fully saturated rings. The van der Waals surface area contributed by atoms with Gasteiger partial charge < -0.3 is 5.73 Å². The minimum absolute atomic E-state index is 0.0114. The molecule has 0 heterocycles. The smallest absolute Gasteiger partial charge is 0.261 e. The van der Waals surface area contributed by atoms with Gasteiger partial charge in [-0.15, -0.1) is 0 Å². The molecule has 11 heteroatoms. The van der Waals surface area contributed by atoms with Crippen molar-refractivity contribution in [2.45, 2.75) is 9.79 Å². The normalized spacial score (nSPS) is 11.8. The number of nitrogens with zero attached hydrogens (tertiary/aromatic N) is 1. The Balaban J connectivity index is 1.66. The van der Waals surface area contributed by atoms with Crippen LogP contribution in [0.5, 0.6) is 0 Å². The van der Waals surface area contributed by atoms with Crippen LogP contribution in [0.4, 0.5) is 22.7 Å². The molecule has 0 unspecified atom stereocenters. The summed E-state index contributed by atoms with van der Waals surface area (Å²) in [6.07, 6.45) is 0. The lowest BCUT2D eigenvalue weighted by molar-refractivity contribution is 0.599. The minimum atomic E-state index is -4.08. The van der Waals surface area contributed by atoms with Crippen LogP contribution in [-0.2, 0) is 20.0 Å². The van der Waals surface area contributed by atoms with E-state index in [1.54, 1.807) is 36.4 Å². The third-order valence-electron chi connectivity index (χ3n) is 7.41. The molecule has 0 aliphatic rings. The van der Waals surface area contributed by atoms with Crippen LogP contribution in [0, 0.1) is 0 Å². The van der Waals surface area contributed by atoms with Crippen LogP contribution < -0.4 is 31.1 Å². The van der Waals surface area contributed by atoms with Crippen LogP contribution in [-0.4, -0.2) is 16.8 Å². The van der Waals surface area contributed by atoms with E-state index < -0.39 is 27.1 Å². The first kappa shape index (κ1) is 31.8. The monoisotopic (exact) mass is 678 g/mol. The fraction of sp³-hybridized carbons (Fsp3) is 0. The Morgan fingerprint density at radius 1 is 0.468 bits per heavy atom. The van der Waals surface area contributed by atoms with Gasteiger partial charge in [0.2, 0.25) is 0 Å². The van der Waals surface area contributed by atoms with E-state index in [1.165, 1.54) is 36.4 Å². The van der Waals surface area contributed by atoms with Gasteiger partial charge in [-0.05, 0) is 36.4 Å². The highest BCUT2D eigenvalue weighted by Crippen LogP contribution is 2.51. The summed E-state index contributed by atoms with van der Waals surface area (Å²) >= 11 is 0. The molecule has 4 N–H and O–H groups in total. The Bertz CT molecular complexity index is 2170. The molecule has 0 aliphatic heterocycles. The molecule has 0 radical (unpaired) electrons. The summed E-state index contributed by atoms with van der Waals surface area (Å²) in [4.78, 5) is 0.0973. The summed E-state index contributed by atoms with van der Waals surface area (Å²) in [5.74, 6) is 0. The van der Waals surface area contributed by atoms with E-state index in [4.69, 9.17) is 10.5 Å². The van der Waals surface area contributed by atoms with Crippen molar-refractivity contribution in [1.29, 1.82) is 0 Å². The molecule has 6 aromatic rings. The number of benzene rings is 6. The van der Waals surface area contributed by atoms with Crippen molar-refractivity contribution in [2.75, 3.05) is 15.2 Å². The Labute approximate surface area is 275 Å². The van der Waals surface area contributed by atoms with Gasteiger partial charge in [0.05, 0.1) is 39.6 Å². The van der Waals surface area contributed by atoms with Crippen molar-refractivity contribution in [3.8, 4) is 0 Å². The van der Waals surface area contributed by atoms with Crippen molar-refractivity contribution in [1.82, 2.24) is 0 Å². The van der Waals surface area contributed by atoms with Gasteiger partial charge >= 0.3 is 0 Å². The van der Waals surface area contributed by atoms with Gasteiger partial charge in [0, 0.05) is 15.9 Å². The Hall–Kier alpha value is -5.15. The summed E-state index contributed by atoms with van der Waals surface area (Å²) in [6.45, 7) is 0. The van der Waals surface area contributed by atoms with Gasteiger partial charge in [0.1, 0.15) is 0 Å².